The van der Waals surface area contributed by atoms with E-state index in [0.29, 0.717) is 36.0 Å². The lowest BCUT2D eigenvalue weighted by Gasteiger charge is -2.24. The average molecular weight is 397 g/mol. The number of nitrogens with one attached hydrogen (secondary N) is 1. The van der Waals surface area contributed by atoms with Crippen molar-refractivity contribution in [3.8, 4) is 17.6 Å². The molecular weight excluding hydrogens is 378 g/mol. The van der Waals surface area contributed by atoms with Crippen LogP contribution in [0.15, 0.2) is 30.5 Å². The molecule has 1 N–H and O–H groups in total. The van der Waals surface area contributed by atoms with Gasteiger partial charge in [-0.25, -0.2) is 4.79 Å². The molecule has 0 atom stereocenters. The third-order valence-electron chi connectivity index (χ3n) is 4.22. The zero-order valence-corrected chi connectivity index (χ0v) is 15.8. The lowest BCUT2D eigenvalue weighted by Crippen LogP contribution is -2.35. The summed E-state index contributed by atoms with van der Waals surface area (Å²) < 4.78 is 16.1. The predicted octanol–water partition coefficient (Wildman–Crippen LogP) is 2.09. The van der Waals surface area contributed by atoms with Crippen molar-refractivity contribution < 1.29 is 28.6 Å². The largest absolute Gasteiger partial charge is 0.486 e. The second kappa shape index (κ2) is 8.93. The summed E-state index contributed by atoms with van der Waals surface area (Å²) in [6, 6.07) is 8.37. The number of carbonyl (C=O) groups excluding carboxylic acids is 3. The van der Waals surface area contributed by atoms with Crippen molar-refractivity contribution in [3.05, 3.63) is 41.7 Å². The average Bonchev–Trinajstić information content (AvgIpc) is 3.23. The van der Waals surface area contributed by atoms with E-state index < -0.39 is 18.5 Å². The molecule has 1 aliphatic heterocycles. The number of carbonyl (C=O) groups is 3. The summed E-state index contributed by atoms with van der Waals surface area (Å²) in [7, 11) is 0. The first-order chi connectivity index (χ1) is 14.0. The van der Waals surface area contributed by atoms with Gasteiger partial charge < -0.3 is 24.1 Å². The number of H-pyrrole nitrogens is 1. The van der Waals surface area contributed by atoms with E-state index in [1.807, 2.05) is 6.07 Å². The lowest BCUT2D eigenvalue weighted by atomic mass is 10.2. The molecule has 1 aromatic heterocycles. The Morgan fingerprint density at radius 1 is 1.21 bits per heavy atom. The maximum Gasteiger partial charge on any atom is 0.355 e. The summed E-state index contributed by atoms with van der Waals surface area (Å²) in [5, 5.41) is 8.90. The van der Waals surface area contributed by atoms with Crippen LogP contribution in [0.5, 0.6) is 11.5 Å². The SMILES string of the molecule is CC(=O)c1c[nH]c(C(=O)OCC(=O)N(CCC#N)c2ccc3c(c2)OCCO3)c1. The van der Waals surface area contributed by atoms with Gasteiger partial charge in [0.1, 0.15) is 18.9 Å². The molecule has 150 valence electrons. The molecule has 0 saturated heterocycles. The van der Waals surface area contributed by atoms with Crippen LogP contribution in [0.25, 0.3) is 0 Å². The number of anilines is 1. The number of esters is 1. The first kappa shape index (κ1) is 19.9. The molecule has 1 aromatic carbocycles. The second-order valence-corrected chi connectivity index (χ2v) is 6.22. The fraction of sp³-hybridized carbons (Fsp3) is 0.300. The summed E-state index contributed by atoms with van der Waals surface area (Å²) >= 11 is 0. The third-order valence-corrected chi connectivity index (χ3v) is 4.22. The highest BCUT2D eigenvalue weighted by Crippen LogP contribution is 2.34. The molecule has 2 aromatic rings. The van der Waals surface area contributed by atoms with Gasteiger partial charge in [0.15, 0.2) is 23.9 Å². The van der Waals surface area contributed by atoms with Gasteiger partial charge in [-0.1, -0.05) is 0 Å². The number of hydrogen-bond acceptors (Lipinski definition) is 7. The standard InChI is InChI=1S/C20H19N3O6/c1-13(24)14-9-16(22-11-14)20(26)29-12-19(25)23(6-2-5-21)15-3-4-17-18(10-15)28-8-7-27-17/h3-4,9-11,22H,2,6-8,12H2,1H3. The molecule has 0 unspecified atom stereocenters. The highest BCUT2D eigenvalue weighted by Gasteiger charge is 2.21. The zero-order chi connectivity index (χ0) is 20.8. The van der Waals surface area contributed by atoms with Gasteiger partial charge in [-0.2, -0.15) is 5.26 Å². The van der Waals surface area contributed by atoms with Crippen molar-refractivity contribution >= 4 is 23.3 Å². The minimum Gasteiger partial charge on any atom is -0.486 e. The van der Waals surface area contributed by atoms with Gasteiger partial charge in [-0.15, -0.1) is 0 Å². The first-order valence-corrected chi connectivity index (χ1v) is 8.93. The van der Waals surface area contributed by atoms with Gasteiger partial charge in [0.05, 0.1) is 12.5 Å². The van der Waals surface area contributed by atoms with Gasteiger partial charge in [-0.3, -0.25) is 9.59 Å². The fourth-order valence-electron chi connectivity index (χ4n) is 2.76. The molecule has 0 aliphatic carbocycles. The molecule has 9 nitrogen and oxygen atoms in total. The summed E-state index contributed by atoms with van der Waals surface area (Å²) in [5.74, 6) is -0.370. The van der Waals surface area contributed by atoms with E-state index in [1.165, 1.54) is 24.1 Å². The molecule has 29 heavy (non-hydrogen) atoms. The number of hydrogen-bond donors (Lipinski definition) is 1. The Balaban J connectivity index is 1.69. The zero-order valence-electron chi connectivity index (χ0n) is 15.8. The smallest absolute Gasteiger partial charge is 0.355 e. The summed E-state index contributed by atoms with van der Waals surface area (Å²) in [6.45, 7) is 1.83. The number of nitrogens with zero attached hydrogens (tertiary/aromatic N) is 2. The predicted molar refractivity (Wildman–Crippen MR) is 101 cm³/mol. The van der Waals surface area contributed by atoms with Crippen LogP contribution >= 0.6 is 0 Å². The Labute approximate surface area is 166 Å². The van der Waals surface area contributed by atoms with E-state index in [0.717, 1.165) is 0 Å². The van der Waals surface area contributed by atoms with Crippen LogP contribution in [0.4, 0.5) is 5.69 Å². The monoisotopic (exact) mass is 397 g/mol. The minimum atomic E-state index is -0.756. The number of benzene rings is 1. The number of aromatic nitrogens is 1. The van der Waals surface area contributed by atoms with Crippen molar-refractivity contribution in [1.29, 1.82) is 5.26 Å². The number of ether oxygens (including phenoxy) is 3. The molecule has 9 heteroatoms. The molecule has 0 bridgehead atoms. The van der Waals surface area contributed by atoms with Gasteiger partial charge in [-0.05, 0) is 25.1 Å². The number of rotatable bonds is 7. The second-order valence-electron chi connectivity index (χ2n) is 6.22. The number of Topliss-reactive ketones (excluding diaryl/α,β-unsaturated/α-hetero) is 1. The Kier molecular flexibility index (Phi) is 6.14. The molecule has 3 rings (SSSR count). The molecular formula is C20H19N3O6. The highest BCUT2D eigenvalue weighted by atomic mass is 16.6. The van der Waals surface area contributed by atoms with Crippen molar-refractivity contribution in [2.24, 2.45) is 0 Å². The van der Waals surface area contributed by atoms with Crippen LogP contribution in [0.3, 0.4) is 0 Å². The third kappa shape index (κ3) is 4.73. The van der Waals surface area contributed by atoms with Crippen molar-refractivity contribution in [2.45, 2.75) is 13.3 Å². The summed E-state index contributed by atoms with van der Waals surface area (Å²) in [4.78, 5) is 40.1. The first-order valence-electron chi connectivity index (χ1n) is 8.93. The molecule has 2 heterocycles. The van der Waals surface area contributed by atoms with Crippen molar-refractivity contribution in [1.82, 2.24) is 4.98 Å². The molecule has 1 aliphatic rings. The van der Waals surface area contributed by atoms with Gasteiger partial charge >= 0.3 is 5.97 Å². The Bertz CT molecular complexity index is 975. The van der Waals surface area contributed by atoms with E-state index in [-0.39, 0.29) is 24.4 Å². The number of fused-ring (bicyclic) bond motifs is 1. The molecule has 0 saturated carbocycles. The Morgan fingerprint density at radius 3 is 2.66 bits per heavy atom. The molecule has 0 fully saturated rings. The van der Waals surface area contributed by atoms with Crippen LogP contribution in [-0.2, 0) is 9.53 Å². The van der Waals surface area contributed by atoms with Gasteiger partial charge in [0.25, 0.3) is 5.91 Å². The maximum absolute atomic E-state index is 12.7. The maximum atomic E-state index is 12.7. The van der Waals surface area contributed by atoms with Crippen LogP contribution in [0.1, 0.15) is 34.2 Å². The highest BCUT2D eigenvalue weighted by molar-refractivity contribution is 5.99. The van der Waals surface area contributed by atoms with Crippen LogP contribution in [0.2, 0.25) is 0 Å². The normalized spacial score (nSPS) is 12.0. The number of ketones is 1. The Morgan fingerprint density at radius 2 is 1.97 bits per heavy atom. The molecule has 0 spiro atoms. The number of amides is 1. The minimum absolute atomic E-state index is 0.0749. The van der Waals surface area contributed by atoms with E-state index in [1.54, 1.807) is 18.2 Å². The van der Waals surface area contributed by atoms with E-state index >= 15 is 0 Å². The van der Waals surface area contributed by atoms with Gasteiger partial charge in [0.2, 0.25) is 0 Å². The van der Waals surface area contributed by atoms with Crippen LogP contribution < -0.4 is 14.4 Å². The Hall–Kier alpha value is -3.80. The van der Waals surface area contributed by atoms with E-state index in [9.17, 15) is 14.4 Å². The van der Waals surface area contributed by atoms with Crippen molar-refractivity contribution in [3.63, 3.8) is 0 Å². The number of aromatic amines is 1. The topological polar surface area (TPSA) is 122 Å². The molecule has 0 radical (unpaired) electrons. The van der Waals surface area contributed by atoms with Crippen molar-refractivity contribution in [2.75, 3.05) is 31.3 Å². The summed E-state index contributed by atoms with van der Waals surface area (Å²) in [5.41, 5.74) is 0.922. The summed E-state index contributed by atoms with van der Waals surface area (Å²) in [6.07, 6.45) is 1.50. The van der Waals surface area contributed by atoms with Crippen LogP contribution in [-0.4, -0.2) is 49.0 Å². The number of nitriles is 1. The van der Waals surface area contributed by atoms with E-state index in [4.69, 9.17) is 19.5 Å². The fourth-order valence-corrected chi connectivity index (χ4v) is 2.76. The lowest BCUT2D eigenvalue weighted by molar-refractivity contribution is -0.121. The van der Waals surface area contributed by atoms with Gasteiger partial charge in [0, 0.05) is 30.1 Å². The quantitative estimate of drug-likeness (QED) is 0.561. The molecule has 1 amide bonds. The van der Waals surface area contributed by atoms with E-state index in [2.05, 4.69) is 4.98 Å². The van der Waals surface area contributed by atoms with Crippen LogP contribution in [0, 0.1) is 11.3 Å².